The highest BCUT2D eigenvalue weighted by molar-refractivity contribution is 5.91. The highest BCUT2D eigenvalue weighted by Crippen LogP contribution is 2.28. The average molecular weight is 388 g/mol. The first-order valence-electron chi connectivity index (χ1n) is 10.1. The van der Waals surface area contributed by atoms with Crippen LogP contribution in [0, 0.1) is 5.92 Å². The molecule has 1 amide bonds. The number of aromatic nitrogens is 4. The number of amides is 1. The van der Waals surface area contributed by atoms with Crippen LogP contribution in [-0.4, -0.2) is 74.8 Å². The lowest BCUT2D eigenvalue weighted by Crippen LogP contribution is -2.51. The van der Waals surface area contributed by atoms with E-state index in [9.17, 15) is 4.79 Å². The van der Waals surface area contributed by atoms with Crippen LogP contribution in [0.15, 0.2) is 22.8 Å². The highest BCUT2D eigenvalue weighted by atomic mass is 16.5. The van der Waals surface area contributed by atoms with Crippen LogP contribution in [-0.2, 0) is 11.3 Å². The zero-order valence-electron chi connectivity index (χ0n) is 16.5. The fraction of sp³-hybridized carbons (Fsp3) is 0.684. The molecule has 4 rings (SSSR count). The van der Waals surface area contributed by atoms with Crippen LogP contribution < -0.4 is 0 Å². The maximum Gasteiger partial charge on any atom is 0.289 e. The van der Waals surface area contributed by atoms with Crippen LogP contribution in [0.5, 0.6) is 0 Å². The van der Waals surface area contributed by atoms with E-state index in [0.29, 0.717) is 31.3 Å². The van der Waals surface area contributed by atoms with Gasteiger partial charge in [0.25, 0.3) is 5.91 Å². The Kier molecular flexibility index (Phi) is 5.72. The standard InChI is InChI=1S/C19H28N6O3/c1-14(2)17(18-20-21-22-25(18)13-15-5-3-11-27-15)23-7-9-24(10-8-23)19(26)16-6-4-12-28-16/h4,6,12,14-15,17H,3,5,7-11,13H2,1-2H3. The molecule has 2 aliphatic heterocycles. The average Bonchev–Trinajstić information content (AvgIpc) is 3.46. The van der Waals surface area contributed by atoms with E-state index in [0.717, 1.165) is 38.4 Å². The monoisotopic (exact) mass is 388 g/mol. The number of hydrogen-bond donors (Lipinski definition) is 0. The molecule has 28 heavy (non-hydrogen) atoms. The molecule has 0 aliphatic carbocycles. The molecule has 2 atom stereocenters. The summed E-state index contributed by atoms with van der Waals surface area (Å²) >= 11 is 0. The molecule has 2 fully saturated rings. The maximum atomic E-state index is 12.5. The molecule has 152 valence electrons. The van der Waals surface area contributed by atoms with Crippen molar-refractivity contribution in [1.82, 2.24) is 30.0 Å². The number of tetrazole rings is 1. The second kappa shape index (κ2) is 8.40. The molecule has 2 aliphatic rings. The Morgan fingerprint density at radius 3 is 2.75 bits per heavy atom. The molecule has 0 spiro atoms. The summed E-state index contributed by atoms with van der Waals surface area (Å²) in [7, 11) is 0. The summed E-state index contributed by atoms with van der Waals surface area (Å²) in [6.07, 6.45) is 3.88. The molecule has 0 aromatic carbocycles. The van der Waals surface area contributed by atoms with Gasteiger partial charge in [0, 0.05) is 32.8 Å². The third kappa shape index (κ3) is 3.95. The van der Waals surface area contributed by atoms with Crippen molar-refractivity contribution in [2.24, 2.45) is 5.92 Å². The van der Waals surface area contributed by atoms with Crippen molar-refractivity contribution in [3.63, 3.8) is 0 Å². The van der Waals surface area contributed by atoms with Gasteiger partial charge >= 0.3 is 0 Å². The maximum absolute atomic E-state index is 12.5. The predicted molar refractivity (Wildman–Crippen MR) is 101 cm³/mol. The van der Waals surface area contributed by atoms with Crippen molar-refractivity contribution in [2.45, 2.75) is 45.4 Å². The Morgan fingerprint density at radius 1 is 1.29 bits per heavy atom. The van der Waals surface area contributed by atoms with Crippen molar-refractivity contribution in [2.75, 3.05) is 32.8 Å². The number of rotatable bonds is 6. The summed E-state index contributed by atoms with van der Waals surface area (Å²) < 4.78 is 12.9. The van der Waals surface area contributed by atoms with Gasteiger partial charge in [-0.25, -0.2) is 4.68 Å². The summed E-state index contributed by atoms with van der Waals surface area (Å²) in [6.45, 7) is 8.78. The normalized spacial score (nSPS) is 22.1. The smallest absolute Gasteiger partial charge is 0.289 e. The molecule has 2 saturated heterocycles. The minimum Gasteiger partial charge on any atom is -0.459 e. The highest BCUT2D eigenvalue weighted by Gasteiger charge is 2.33. The summed E-state index contributed by atoms with van der Waals surface area (Å²) in [5.74, 6) is 1.58. The lowest BCUT2D eigenvalue weighted by molar-refractivity contribution is 0.0449. The summed E-state index contributed by atoms with van der Waals surface area (Å²) in [6, 6.07) is 3.56. The zero-order chi connectivity index (χ0) is 19.5. The molecule has 0 bridgehead atoms. The van der Waals surface area contributed by atoms with Crippen LogP contribution in [0.1, 0.15) is 49.1 Å². The van der Waals surface area contributed by atoms with Gasteiger partial charge in [0.15, 0.2) is 11.6 Å². The van der Waals surface area contributed by atoms with Gasteiger partial charge in [0.1, 0.15) is 0 Å². The van der Waals surface area contributed by atoms with Crippen molar-refractivity contribution >= 4 is 5.91 Å². The Labute approximate surface area is 164 Å². The van der Waals surface area contributed by atoms with Crippen LogP contribution in [0.4, 0.5) is 0 Å². The first-order chi connectivity index (χ1) is 13.6. The first-order valence-corrected chi connectivity index (χ1v) is 10.1. The van der Waals surface area contributed by atoms with Gasteiger partial charge in [-0.15, -0.1) is 5.10 Å². The van der Waals surface area contributed by atoms with Gasteiger partial charge in [-0.3, -0.25) is 9.69 Å². The van der Waals surface area contributed by atoms with E-state index >= 15 is 0 Å². The number of piperazine rings is 1. The van der Waals surface area contributed by atoms with Gasteiger partial charge in [0.2, 0.25) is 0 Å². The van der Waals surface area contributed by atoms with Crippen LogP contribution >= 0.6 is 0 Å². The van der Waals surface area contributed by atoms with Crippen molar-refractivity contribution in [3.05, 3.63) is 30.0 Å². The lowest BCUT2D eigenvalue weighted by atomic mass is 10.0. The molecule has 2 aromatic heterocycles. The molecule has 4 heterocycles. The minimum absolute atomic E-state index is 0.0473. The van der Waals surface area contributed by atoms with E-state index in [2.05, 4.69) is 34.3 Å². The quantitative estimate of drug-likeness (QED) is 0.742. The molecular formula is C19H28N6O3. The van der Waals surface area contributed by atoms with E-state index in [4.69, 9.17) is 9.15 Å². The Hall–Kier alpha value is -2.26. The molecule has 0 radical (unpaired) electrons. The SMILES string of the molecule is CC(C)C(c1nnnn1CC1CCCO1)N1CCN(C(=O)c2ccco2)CC1. The summed E-state index contributed by atoms with van der Waals surface area (Å²) in [5, 5.41) is 12.5. The van der Waals surface area contributed by atoms with Crippen LogP contribution in [0.2, 0.25) is 0 Å². The third-order valence-electron chi connectivity index (χ3n) is 5.58. The van der Waals surface area contributed by atoms with Crippen molar-refractivity contribution in [3.8, 4) is 0 Å². The third-order valence-corrected chi connectivity index (χ3v) is 5.58. The topological polar surface area (TPSA) is 89.5 Å². The number of carbonyl (C=O) groups excluding carboxylic acids is 1. The van der Waals surface area contributed by atoms with Crippen LogP contribution in [0.25, 0.3) is 0 Å². The number of nitrogens with zero attached hydrogens (tertiary/aromatic N) is 6. The zero-order valence-corrected chi connectivity index (χ0v) is 16.5. The lowest BCUT2D eigenvalue weighted by Gasteiger charge is -2.40. The van der Waals surface area contributed by atoms with E-state index in [1.165, 1.54) is 6.26 Å². The molecule has 0 saturated carbocycles. The molecule has 2 unspecified atom stereocenters. The predicted octanol–water partition coefficient (Wildman–Crippen LogP) is 1.60. The van der Waals surface area contributed by atoms with Crippen molar-refractivity contribution < 1.29 is 13.9 Å². The number of ether oxygens (including phenoxy) is 1. The number of hydrogen-bond acceptors (Lipinski definition) is 7. The van der Waals surface area contributed by atoms with E-state index in [-0.39, 0.29) is 18.1 Å². The summed E-state index contributed by atoms with van der Waals surface area (Å²) in [5.41, 5.74) is 0. The van der Waals surface area contributed by atoms with Gasteiger partial charge in [-0.1, -0.05) is 13.8 Å². The van der Waals surface area contributed by atoms with Crippen LogP contribution in [0.3, 0.4) is 0 Å². The number of furan rings is 1. The second-order valence-electron chi connectivity index (χ2n) is 7.85. The Morgan fingerprint density at radius 2 is 2.11 bits per heavy atom. The molecule has 0 N–H and O–H groups in total. The van der Waals surface area contributed by atoms with E-state index < -0.39 is 0 Å². The fourth-order valence-corrected chi connectivity index (χ4v) is 4.18. The fourth-order valence-electron chi connectivity index (χ4n) is 4.18. The second-order valence-corrected chi connectivity index (χ2v) is 7.85. The van der Waals surface area contributed by atoms with Gasteiger partial charge in [-0.05, 0) is 41.3 Å². The molecular weight excluding hydrogens is 360 g/mol. The van der Waals surface area contributed by atoms with Gasteiger partial charge in [-0.2, -0.15) is 0 Å². The molecule has 2 aromatic rings. The largest absolute Gasteiger partial charge is 0.459 e. The van der Waals surface area contributed by atoms with Crippen molar-refractivity contribution in [1.29, 1.82) is 0 Å². The summed E-state index contributed by atoms with van der Waals surface area (Å²) in [4.78, 5) is 16.7. The van der Waals surface area contributed by atoms with E-state index in [1.54, 1.807) is 12.1 Å². The van der Waals surface area contributed by atoms with E-state index in [1.807, 2.05) is 9.58 Å². The first kappa shape index (κ1) is 19.1. The Bertz CT molecular complexity index is 760. The van der Waals surface area contributed by atoms with Gasteiger partial charge < -0.3 is 14.1 Å². The molecule has 9 heteroatoms. The molecule has 9 nitrogen and oxygen atoms in total. The Balaban J connectivity index is 1.43. The number of carbonyl (C=O) groups is 1. The van der Waals surface area contributed by atoms with Gasteiger partial charge in [0.05, 0.1) is 25.0 Å². The minimum atomic E-state index is -0.0473.